The number of nitrogens with zero attached hydrogens (tertiary/aromatic N) is 3. The summed E-state index contributed by atoms with van der Waals surface area (Å²) in [5.41, 5.74) is 12.2. The summed E-state index contributed by atoms with van der Waals surface area (Å²) in [5.74, 6) is -0.929. The van der Waals surface area contributed by atoms with Crippen molar-refractivity contribution < 1.29 is 19.5 Å². The van der Waals surface area contributed by atoms with Crippen LogP contribution >= 0.6 is 0 Å². The lowest BCUT2D eigenvalue weighted by Gasteiger charge is -2.30. The van der Waals surface area contributed by atoms with Gasteiger partial charge < -0.3 is 26.8 Å². The van der Waals surface area contributed by atoms with Crippen LogP contribution in [0.3, 0.4) is 0 Å². The summed E-state index contributed by atoms with van der Waals surface area (Å²) < 4.78 is 0. The molecule has 0 aromatic carbocycles. The number of nitrogens with one attached hydrogen (secondary N) is 2. The molecule has 1 unspecified atom stereocenters. The van der Waals surface area contributed by atoms with Gasteiger partial charge in [-0.25, -0.2) is 4.99 Å². The van der Waals surface area contributed by atoms with Crippen LogP contribution in [-0.2, 0) is 14.4 Å². The Morgan fingerprint density at radius 3 is 2.70 bits per heavy atom. The molecule has 2 atom stereocenters. The minimum atomic E-state index is -0.833. The van der Waals surface area contributed by atoms with Crippen LogP contribution in [0.4, 0.5) is 5.69 Å². The molecule has 166 valence electrons. The van der Waals surface area contributed by atoms with Crippen molar-refractivity contribution in [2.24, 2.45) is 16.5 Å². The van der Waals surface area contributed by atoms with Crippen molar-refractivity contribution in [3.8, 4) is 0 Å². The molecule has 11 heteroatoms. The Labute approximate surface area is 175 Å². The summed E-state index contributed by atoms with van der Waals surface area (Å²) >= 11 is 0. The average molecular weight is 422 g/mol. The third kappa shape index (κ3) is 9.43. The maximum Gasteiger partial charge on any atom is 0.300 e. The van der Waals surface area contributed by atoms with Crippen molar-refractivity contribution in [1.82, 2.24) is 15.2 Å². The number of carbonyl (C=O) groups is 3. The van der Waals surface area contributed by atoms with Crippen molar-refractivity contribution in [2.75, 3.05) is 25.5 Å². The van der Waals surface area contributed by atoms with Crippen LogP contribution in [0.5, 0.6) is 0 Å². The van der Waals surface area contributed by atoms with E-state index in [2.05, 4.69) is 20.6 Å². The molecule has 0 radical (unpaired) electrons. The van der Waals surface area contributed by atoms with Gasteiger partial charge in [0.1, 0.15) is 6.04 Å². The summed E-state index contributed by atoms with van der Waals surface area (Å²) in [4.78, 5) is 43.4. The van der Waals surface area contributed by atoms with Gasteiger partial charge >= 0.3 is 0 Å². The van der Waals surface area contributed by atoms with Crippen molar-refractivity contribution in [1.29, 1.82) is 0 Å². The third-order valence-corrected chi connectivity index (χ3v) is 4.22. The van der Waals surface area contributed by atoms with E-state index in [1.54, 1.807) is 25.5 Å². The van der Waals surface area contributed by atoms with Gasteiger partial charge in [0, 0.05) is 32.6 Å². The van der Waals surface area contributed by atoms with E-state index in [4.69, 9.17) is 21.4 Å². The number of nitrogens with two attached hydrogens (primary N) is 2. The molecule has 2 heterocycles. The Bertz CT molecular complexity index is 723. The monoisotopic (exact) mass is 421 g/mol. The number of anilines is 1. The molecular formula is C19H31N7O4. The summed E-state index contributed by atoms with van der Waals surface area (Å²) in [7, 11) is 1.61. The first-order chi connectivity index (χ1) is 14.2. The van der Waals surface area contributed by atoms with Crippen LogP contribution < -0.4 is 22.1 Å². The Morgan fingerprint density at radius 1 is 1.43 bits per heavy atom. The van der Waals surface area contributed by atoms with Gasteiger partial charge in [-0.3, -0.25) is 24.7 Å². The van der Waals surface area contributed by atoms with Crippen LogP contribution in [0, 0.1) is 0 Å². The largest absolute Gasteiger partial charge is 0.481 e. The quantitative estimate of drug-likeness (QED) is 0.357. The van der Waals surface area contributed by atoms with E-state index in [0.717, 1.165) is 31.9 Å². The molecule has 1 aliphatic heterocycles. The highest BCUT2D eigenvalue weighted by Gasteiger charge is 2.31. The van der Waals surface area contributed by atoms with Crippen molar-refractivity contribution in [3.63, 3.8) is 0 Å². The second-order valence-electron chi connectivity index (χ2n) is 6.83. The number of rotatable bonds is 8. The number of carboxylic acids is 1. The van der Waals surface area contributed by atoms with Crippen LogP contribution in [0.15, 0.2) is 29.5 Å². The van der Waals surface area contributed by atoms with E-state index in [-0.39, 0.29) is 30.8 Å². The summed E-state index contributed by atoms with van der Waals surface area (Å²) in [6, 6.07) is 2.72. The fourth-order valence-corrected chi connectivity index (χ4v) is 2.64. The molecular weight excluding hydrogens is 390 g/mol. The molecule has 0 saturated heterocycles. The first-order valence-electron chi connectivity index (χ1n) is 9.67. The van der Waals surface area contributed by atoms with Gasteiger partial charge in [0.15, 0.2) is 0 Å². The topological polar surface area (TPSA) is 176 Å². The normalized spacial score (nSPS) is 16.3. The Morgan fingerprint density at radius 2 is 2.13 bits per heavy atom. The van der Waals surface area contributed by atoms with Gasteiger partial charge in [0.25, 0.3) is 11.9 Å². The zero-order chi connectivity index (χ0) is 22.5. The molecule has 0 saturated carbocycles. The maximum absolute atomic E-state index is 12.4. The average Bonchev–Trinajstić information content (AvgIpc) is 2.68. The van der Waals surface area contributed by atoms with E-state index < -0.39 is 12.0 Å². The highest BCUT2D eigenvalue weighted by Crippen LogP contribution is 2.10. The minimum absolute atomic E-state index is 0.163. The number of likely N-dealkylation sites (N-methyl/N-ethyl adjacent to an activating group) is 1. The van der Waals surface area contributed by atoms with Gasteiger partial charge in [-0.1, -0.05) is 6.42 Å². The van der Waals surface area contributed by atoms with E-state index in [1.165, 1.54) is 4.90 Å². The number of pyridine rings is 1. The van der Waals surface area contributed by atoms with E-state index in [9.17, 15) is 9.59 Å². The van der Waals surface area contributed by atoms with Crippen LogP contribution in [0.25, 0.3) is 0 Å². The number of amides is 2. The first-order valence-corrected chi connectivity index (χ1v) is 9.67. The lowest BCUT2D eigenvalue weighted by Crippen LogP contribution is -2.55. The summed E-state index contributed by atoms with van der Waals surface area (Å²) in [5, 5.41) is 13.1. The van der Waals surface area contributed by atoms with Gasteiger partial charge in [0.2, 0.25) is 11.9 Å². The number of unbranched alkanes of at least 4 members (excludes halogenated alkanes) is 1. The Kier molecular flexibility index (Phi) is 11.0. The SMILES string of the molecule is CC(=O)O.CN(C(=O)C[C@@H](N)CCCCN)C1CN=C(Nc2cccnc2)NC1=O. The number of carbonyl (C=O) groups excluding carboxylic acids is 2. The number of carboxylic acid groups (broad SMARTS) is 1. The fraction of sp³-hybridized carbons (Fsp3) is 0.526. The number of aromatic nitrogens is 1. The molecule has 0 bridgehead atoms. The Hall–Kier alpha value is -3.05. The second kappa shape index (κ2) is 13.2. The van der Waals surface area contributed by atoms with Gasteiger partial charge in [0.05, 0.1) is 18.4 Å². The molecule has 30 heavy (non-hydrogen) atoms. The zero-order valence-electron chi connectivity index (χ0n) is 17.4. The van der Waals surface area contributed by atoms with Gasteiger partial charge in [-0.15, -0.1) is 0 Å². The number of aliphatic carboxylic acids is 1. The highest BCUT2D eigenvalue weighted by molar-refractivity contribution is 6.07. The molecule has 2 amide bonds. The molecule has 0 aliphatic carbocycles. The smallest absolute Gasteiger partial charge is 0.300 e. The lowest BCUT2D eigenvalue weighted by molar-refractivity contribution is -0.138. The predicted molar refractivity (Wildman–Crippen MR) is 114 cm³/mol. The number of hydrogen-bond acceptors (Lipinski definition) is 8. The predicted octanol–water partition coefficient (Wildman–Crippen LogP) is -0.256. The Balaban J connectivity index is 0.00000103. The van der Waals surface area contributed by atoms with Gasteiger partial charge in [-0.2, -0.15) is 0 Å². The number of guanidine groups is 1. The standard InChI is InChI=1S/C17H27N7O2.C2H4O2/c1-24(15(25)9-12(19)5-2-3-7-18)14-11-21-17(23-16(14)26)22-13-6-4-8-20-10-13;1-2(3)4/h4,6,8,10,12,14H,2-3,5,7,9,11,18-19H2,1H3,(H2,21,22,23,26);1H3,(H,3,4)/t12-,14?;/m0./s1. The molecule has 0 spiro atoms. The van der Waals surface area contributed by atoms with Crippen molar-refractivity contribution >= 4 is 29.4 Å². The molecule has 1 aliphatic rings. The van der Waals surface area contributed by atoms with Crippen LogP contribution in [0.1, 0.15) is 32.6 Å². The van der Waals surface area contributed by atoms with E-state index >= 15 is 0 Å². The minimum Gasteiger partial charge on any atom is -0.481 e. The third-order valence-electron chi connectivity index (χ3n) is 4.22. The van der Waals surface area contributed by atoms with E-state index in [0.29, 0.717) is 12.5 Å². The maximum atomic E-state index is 12.4. The molecule has 1 aromatic rings. The highest BCUT2D eigenvalue weighted by atomic mass is 16.4. The zero-order valence-corrected chi connectivity index (χ0v) is 17.4. The lowest BCUT2D eigenvalue weighted by atomic mass is 10.1. The van der Waals surface area contributed by atoms with E-state index in [1.807, 2.05) is 6.07 Å². The van der Waals surface area contributed by atoms with Gasteiger partial charge in [-0.05, 0) is 31.5 Å². The molecule has 7 N–H and O–H groups in total. The first kappa shape index (κ1) is 25.0. The van der Waals surface area contributed by atoms with Crippen molar-refractivity contribution in [2.45, 2.75) is 44.7 Å². The van der Waals surface area contributed by atoms with Crippen LogP contribution in [-0.4, -0.2) is 71.0 Å². The molecule has 0 fully saturated rings. The molecule has 2 rings (SSSR count). The summed E-state index contributed by atoms with van der Waals surface area (Å²) in [6.45, 7) is 1.90. The fourth-order valence-electron chi connectivity index (χ4n) is 2.64. The second-order valence-corrected chi connectivity index (χ2v) is 6.83. The number of hydrogen-bond donors (Lipinski definition) is 5. The van der Waals surface area contributed by atoms with Crippen LogP contribution in [0.2, 0.25) is 0 Å². The molecule has 1 aromatic heterocycles. The summed E-state index contributed by atoms with van der Waals surface area (Å²) in [6.07, 6.45) is 6.02. The van der Waals surface area contributed by atoms with Crippen molar-refractivity contribution in [3.05, 3.63) is 24.5 Å². The molecule has 11 nitrogen and oxygen atoms in total. The number of aliphatic imine (C=N–C) groups is 1.